The number of rotatable bonds is 8. The fourth-order valence-electron chi connectivity index (χ4n) is 10.8. The van der Waals surface area contributed by atoms with E-state index in [9.17, 15) is 0 Å². The highest BCUT2D eigenvalue weighted by atomic mass is 15.1. The van der Waals surface area contributed by atoms with E-state index in [1.165, 1.54) is 114 Å². The smallest absolute Gasteiger partial charge is 0.0547 e. The summed E-state index contributed by atoms with van der Waals surface area (Å²) >= 11 is 0. The summed E-state index contributed by atoms with van der Waals surface area (Å²) < 4.78 is 2.41. The molecule has 0 saturated heterocycles. The molecule has 0 bridgehead atoms. The summed E-state index contributed by atoms with van der Waals surface area (Å²) in [4.78, 5) is 2.53. The summed E-state index contributed by atoms with van der Waals surface area (Å²) in [6.07, 6.45) is 6.45. The number of hydrogen-bond donors (Lipinski definition) is 0. The van der Waals surface area contributed by atoms with Gasteiger partial charge in [0.25, 0.3) is 0 Å². The van der Waals surface area contributed by atoms with Gasteiger partial charge in [-0.05, 0) is 117 Å². The molecule has 1 aliphatic rings. The van der Waals surface area contributed by atoms with Gasteiger partial charge in [0, 0.05) is 33.3 Å². The van der Waals surface area contributed by atoms with E-state index >= 15 is 0 Å². The Balaban J connectivity index is 1.09. The monoisotopic (exact) mass is 820 g/mol. The third kappa shape index (κ3) is 6.57. The third-order valence-corrected chi connectivity index (χ3v) is 13.8. The van der Waals surface area contributed by atoms with Crippen molar-refractivity contribution in [3.8, 4) is 39.1 Å². The quantitative estimate of drug-likeness (QED) is 0.148. The van der Waals surface area contributed by atoms with Crippen LogP contribution in [0.25, 0.3) is 82.4 Å². The minimum Gasteiger partial charge on any atom is -0.309 e. The van der Waals surface area contributed by atoms with E-state index in [4.69, 9.17) is 0 Å². The van der Waals surface area contributed by atoms with Crippen LogP contribution < -0.4 is 4.90 Å². The van der Waals surface area contributed by atoms with Crippen molar-refractivity contribution in [1.82, 2.24) is 4.57 Å². The van der Waals surface area contributed by atoms with Gasteiger partial charge in [-0.15, -0.1) is 0 Å². The van der Waals surface area contributed by atoms with E-state index in [0.717, 1.165) is 22.7 Å². The second-order valence-corrected chi connectivity index (χ2v) is 17.5. The normalized spacial score (nSPS) is 13.2. The van der Waals surface area contributed by atoms with Gasteiger partial charge in [0.15, 0.2) is 0 Å². The molecule has 10 aromatic carbocycles. The van der Waals surface area contributed by atoms with Gasteiger partial charge in [0.05, 0.1) is 22.4 Å². The van der Waals surface area contributed by atoms with Crippen molar-refractivity contribution in [1.29, 1.82) is 0 Å². The largest absolute Gasteiger partial charge is 0.309 e. The zero-order chi connectivity index (χ0) is 42.4. The number of hydrogen-bond acceptors (Lipinski definition) is 1. The van der Waals surface area contributed by atoms with Gasteiger partial charge in [-0.3, -0.25) is 0 Å². The van der Waals surface area contributed by atoms with E-state index in [2.05, 4.69) is 234 Å². The zero-order valence-electron chi connectivity index (χ0n) is 35.9. The highest BCUT2D eigenvalue weighted by Gasteiger charge is 2.25. The van der Waals surface area contributed by atoms with Gasteiger partial charge in [0.1, 0.15) is 0 Å². The molecular formula is C62H48N2. The molecule has 2 heteroatoms. The van der Waals surface area contributed by atoms with Crippen LogP contribution in [0.3, 0.4) is 0 Å². The van der Waals surface area contributed by atoms with Crippen molar-refractivity contribution in [3.05, 3.63) is 230 Å². The fraction of sp³-hybridized carbons (Fsp3) is 0.0968. The van der Waals surface area contributed by atoms with Crippen molar-refractivity contribution in [2.24, 2.45) is 0 Å². The molecule has 0 unspecified atom stereocenters. The molecule has 0 atom stereocenters. The fourth-order valence-corrected chi connectivity index (χ4v) is 10.8. The van der Waals surface area contributed by atoms with Gasteiger partial charge >= 0.3 is 0 Å². The molecule has 306 valence electrons. The van der Waals surface area contributed by atoms with Crippen molar-refractivity contribution < 1.29 is 0 Å². The first-order chi connectivity index (χ1) is 31.8. The summed E-state index contributed by atoms with van der Waals surface area (Å²) in [7, 11) is 0. The maximum atomic E-state index is 2.53. The van der Waals surface area contributed by atoms with Crippen LogP contribution in [0.1, 0.15) is 43.6 Å². The first kappa shape index (κ1) is 38.0. The molecule has 11 aromatic rings. The number of fused-ring (bicyclic) bond motifs is 5. The predicted molar refractivity (Wildman–Crippen MR) is 273 cm³/mol. The Morgan fingerprint density at radius 3 is 1.77 bits per heavy atom. The molecule has 1 aromatic heterocycles. The highest BCUT2D eigenvalue weighted by molar-refractivity contribution is 6.11. The number of benzene rings is 10. The standard InChI is InChI=1S/C62H48N2/c1-3-19-44(20-4-1)51-33-17-23-45-24-18-35-57(62(45)51)55-32-11-14-38-60(55)64(58-36-12-9-30-53(58)52-34-16-22-43-21-7-8-29-50(43)52)49-28-15-25-46(41-49)47-39-40-56-54-31-10-13-37-59(54)63(61(56)42-47)48-26-5-2-6-27-48/h2,5-18,21-42,44H,1,3-4,19-20H2. The summed E-state index contributed by atoms with van der Waals surface area (Å²) in [5.74, 6) is 0.573. The van der Waals surface area contributed by atoms with Crippen LogP contribution in [-0.4, -0.2) is 4.57 Å². The maximum absolute atomic E-state index is 2.53. The molecule has 0 spiro atoms. The van der Waals surface area contributed by atoms with E-state index in [0.29, 0.717) is 5.92 Å². The van der Waals surface area contributed by atoms with Crippen LogP contribution in [0.5, 0.6) is 0 Å². The molecule has 64 heavy (non-hydrogen) atoms. The SMILES string of the molecule is c1ccc(-n2c3ccccc3c3ccc(-c4cccc(N(c5ccccc5-c5cccc6ccccc56)c5ccccc5-c5cccc6cccc(C7CCCCC7)c56)c4)cc32)cc1. The number of nitrogens with zero attached hydrogens (tertiary/aromatic N) is 2. The van der Waals surface area contributed by atoms with Crippen molar-refractivity contribution >= 4 is 60.4 Å². The lowest BCUT2D eigenvalue weighted by atomic mass is 9.80. The van der Waals surface area contributed by atoms with Gasteiger partial charge in [0.2, 0.25) is 0 Å². The minimum atomic E-state index is 0.573. The average Bonchev–Trinajstić information content (AvgIpc) is 3.70. The lowest BCUT2D eigenvalue weighted by Crippen LogP contribution is -2.13. The van der Waals surface area contributed by atoms with Crippen LogP contribution in [0.15, 0.2) is 224 Å². The Morgan fingerprint density at radius 2 is 0.953 bits per heavy atom. The van der Waals surface area contributed by atoms with Gasteiger partial charge in [-0.25, -0.2) is 0 Å². The predicted octanol–water partition coefficient (Wildman–Crippen LogP) is 17.6. The van der Waals surface area contributed by atoms with Gasteiger partial charge in [-0.2, -0.15) is 0 Å². The zero-order valence-corrected chi connectivity index (χ0v) is 35.9. The summed E-state index contributed by atoms with van der Waals surface area (Å²) in [6, 6.07) is 83.1. The van der Waals surface area contributed by atoms with Crippen molar-refractivity contribution in [3.63, 3.8) is 0 Å². The second kappa shape index (κ2) is 16.2. The Labute approximate surface area is 375 Å². The minimum absolute atomic E-state index is 0.573. The second-order valence-electron chi connectivity index (χ2n) is 17.5. The molecular weight excluding hydrogens is 773 g/mol. The van der Waals surface area contributed by atoms with Crippen LogP contribution in [0, 0.1) is 0 Å². The topological polar surface area (TPSA) is 8.17 Å². The molecule has 1 saturated carbocycles. The van der Waals surface area contributed by atoms with Gasteiger partial charge < -0.3 is 9.47 Å². The molecule has 1 aliphatic carbocycles. The molecule has 12 rings (SSSR count). The highest BCUT2D eigenvalue weighted by Crippen LogP contribution is 2.49. The average molecular weight is 821 g/mol. The van der Waals surface area contributed by atoms with E-state index in [-0.39, 0.29) is 0 Å². The molecule has 0 radical (unpaired) electrons. The molecule has 0 amide bonds. The maximum Gasteiger partial charge on any atom is 0.0547 e. The first-order valence-electron chi connectivity index (χ1n) is 23.0. The van der Waals surface area contributed by atoms with Crippen LogP contribution in [0.4, 0.5) is 17.1 Å². The number of anilines is 3. The third-order valence-electron chi connectivity index (χ3n) is 13.8. The molecule has 0 N–H and O–H groups in total. The summed E-state index contributed by atoms with van der Waals surface area (Å²) in [6.45, 7) is 0. The van der Waals surface area contributed by atoms with E-state index in [1.54, 1.807) is 0 Å². The number of aromatic nitrogens is 1. The molecule has 2 nitrogen and oxygen atoms in total. The van der Waals surface area contributed by atoms with Crippen LogP contribution in [-0.2, 0) is 0 Å². The Kier molecular flexibility index (Phi) is 9.64. The molecule has 1 fully saturated rings. The Bertz CT molecular complexity index is 3490. The van der Waals surface area contributed by atoms with Crippen molar-refractivity contribution in [2.45, 2.75) is 38.0 Å². The Morgan fingerprint density at radius 1 is 0.375 bits per heavy atom. The van der Waals surface area contributed by atoms with E-state index in [1.807, 2.05) is 0 Å². The Hall–Kier alpha value is -7.68. The van der Waals surface area contributed by atoms with Crippen LogP contribution >= 0.6 is 0 Å². The van der Waals surface area contributed by atoms with E-state index < -0.39 is 0 Å². The first-order valence-corrected chi connectivity index (χ1v) is 23.0. The van der Waals surface area contributed by atoms with Crippen molar-refractivity contribution in [2.75, 3.05) is 4.90 Å². The molecule has 1 heterocycles. The van der Waals surface area contributed by atoms with Crippen LogP contribution in [0.2, 0.25) is 0 Å². The summed E-state index contributed by atoms with van der Waals surface area (Å²) in [5.41, 5.74) is 15.7. The molecule has 0 aliphatic heterocycles. The lowest BCUT2D eigenvalue weighted by Gasteiger charge is -2.31. The number of para-hydroxylation sites is 4. The van der Waals surface area contributed by atoms with Gasteiger partial charge in [-0.1, -0.05) is 195 Å². The summed E-state index contributed by atoms with van der Waals surface area (Å²) in [5, 5.41) is 7.69. The lowest BCUT2D eigenvalue weighted by molar-refractivity contribution is 0.445.